The maximum absolute atomic E-state index is 13.8. The summed E-state index contributed by atoms with van der Waals surface area (Å²) in [5.41, 5.74) is -0.285. The second-order valence-electron chi connectivity index (χ2n) is 4.13. The Morgan fingerprint density at radius 3 is 2.50 bits per heavy atom. The van der Waals surface area contributed by atoms with Crippen LogP contribution in [0.5, 0.6) is 0 Å². The Balaban J connectivity index is 2.36. The van der Waals surface area contributed by atoms with Crippen LogP contribution in [0.4, 0.5) is 18.9 Å². The molecule has 0 fully saturated rings. The number of halogens is 4. The molecule has 2 aromatic carbocycles. The van der Waals surface area contributed by atoms with Gasteiger partial charge in [-0.05, 0) is 52.7 Å². The lowest BCUT2D eigenvalue weighted by Gasteiger charge is -2.10. The average Bonchev–Trinajstić information content (AvgIpc) is 2.38. The molecule has 0 aromatic heterocycles. The first-order chi connectivity index (χ1) is 9.40. The van der Waals surface area contributed by atoms with Crippen LogP contribution in [0.2, 0.25) is 0 Å². The molecule has 0 bridgehead atoms. The van der Waals surface area contributed by atoms with E-state index in [4.69, 9.17) is 0 Å². The highest BCUT2D eigenvalue weighted by atomic mass is 79.9. The molecule has 0 saturated heterocycles. The fraction of sp³-hybridized carbons (Fsp3) is 0.0714. The molecule has 6 heteroatoms. The van der Waals surface area contributed by atoms with Gasteiger partial charge < -0.3 is 5.32 Å². The molecule has 0 atom stereocenters. The Bertz CT molecular complexity index is 688. The number of anilines is 1. The molecular formula is C14H9BrF3NO. The molecule has 1 N–H and O–H groups in total. The van der Waals surface area contributed by atoms with Gasteiger partial charge in [0.1, 0.15) is 23.0 Å². The molecule has 0 spiro atoms. The second kappa shape index (κ2) is 5.66. The zero-order valence-electron chi connectivity index (χ0n) is 10.3. The highest BCUT2D eigenvalue weighted by Crippen LogP contribution is 2.25. The first-order valence-electron chi connectivity index (χ1n) is 5.61. The molecule has 0 unspecified atom stereocenters. The van der Waals surface area contributed by atoms with Gasteiger partial charge in [0.15, 0.2) is 0 Å². The van der Waals surface area contributed by atoms with Gasteiger partial charge in [-0.25, -0.2) is 13.2 Å². The van der Waals surface area contributed by atoms with Crippen LogP contribution >= 0.6 is 15.9 Å². The van der Waals surface area contributed by atoms with Crippen LogP contribution in [0.1, 0.15) is 15.9 Å². The van der Waals surface area contributed by atoms with Crippen molar-refractivity contribution in [1.29, 1.82) is 0 Å². The zero-order chi connectivity index (χ0) is 14.9. The second-order valence-corrected chi connectivity index (χ2v) is 4.99. The van der Waals surface area contributed by atoms with E-state index in [9.17, 15) is 18.0 Å². The lowest BCUT2D eigenvalue weighted by Crippen LogP contribution is -2.17. The molecule has 0 radical (unpaired) electrons. The van der Waals surface area contributed by atoms with E-state index in [1.165, 1.54) is 19.1 Å². The van der Waals surface area contributed by atoms with Crippen molar-refractivity contribution < 1.29 is 18.0 Å². The summed E-state index contributed by atoms with van der Waals surface area (Å²) in [6.07, 6.45) is 0. The molecule has 0 aliphatic carbocycles. The lowest BCUT2D eigenvalue weighted by molar-refractivity contribution is 0.101. The number of rotatable bonds is 2. The number of aryl methyl sites for hydroxylation is 1. The van der Waals surface area contributed by atoms with Crippen molar-refractivity contribution in [3.05, 3.63) is 63.4 Å². The van der Waals surface area contributed by atoms with Crippen LogP contribution in [0, 0.1) is 24.4 Å². The van der Waals surface area contributed by atoms with Gasteiger partial charge in [-0.15, -0.1) is 0 Å². The molecule has 2 nitrogen and oxygen atoms in total. The van der Waals surface area contributed by atoms with Gasteiger partial charge in [-0.2, -0.15) is 0 Å². The summed E-state index contributed by atoms with van der Waals surface area (Å²) in [7, 11) is 0. The molecule has 20 heavy (non-hydrogen) atoms. The first-order valence-corrected chi connectivity index (χ1v) is 6.40. The minimum Gasteiger partial charge on any atom is -0.321 e. The van der Waals surface area contributed by atoms with Crippen molar-refractivity contribution >= 4 is 27.5 Å². The summed E-state index contributed by atoms with van der Waals surface area (Å²) in [5.74, 6) is -3.30. The van der Waals surface area contributed by atoms with Crippen LogP contribution in [0.25, 0.3) is 0 Å². The standard InChI is InChI=1S/C14H9BrF3NO/c1-7-2-4-10(17)12(13(7)18)14(20)19-11-5-3-8(16)6-9(11)15/h2-6H,1H3,(H,19,20). The molecule has 104 valence electrons. The minimum absolute atomic E-state index is 0.162. The van der Waals surface area contributed by atoms with Gasteiger partial charge in [0.05, 0.1) is 5.69 Å². The smallest absolute Gasteiger partial charge is 0.261 e. The molecule has 2 aromatic rings. The third-order valence-electron chi connectivity index (χ3n) is 2.69. The Morgan fingerprint density at radius 2 is 1.85 bits per heavy atom. The number of amides is 1. The van der Waals surface area contributed by atoms with E-state index >= 15 is 0 Å². The van der Waals surface area contributed by atoms with E-state index in [1.54, 1.807) is 0 Å². The Morgan fingerprint density at radius 1 is 1.15 bits per heavy atom. The van der Waals surface area contributed by atoms with E-state index in [0.29, 0.717) is 0 Å². The van der Waals surface area contributed by atoms with Crippen LogP contribution < -0.4 is 5.32 Å². The number of benzene rings is 2. The monoisotopic (exact) mass is 343 g/mol. The summed E-state index contributed by atoms with van der Waals surface area (Å²) in [6.45, 7) is 1.43. The minimum atomic E-state index is -0.955. The fourth-order valence-electron chi connectivity index (χ4n) is 1.64. The molecule has 1 amide bonds. The Hall–Kier alpha value is -1.82. The van der Waals surface area contributed by atoms with Crippen molar-refractivity contribution in [2.75, 3.05) is 5.32 Å². The normalized spacial score (nSPS) is 10.4. The summed E-state index contributed by atoms with van der Waals surface area (Å²) in [4.78, 5) is 11.9. The third kappa shape index (κ3) is 2.85. The SMILES string of the molecule is Cc1ccc(F)c(C(=O)Nc2ccc(F)cc2Br)c1F. The molecule has 0 saturated carbocycles. The molecule has 0 aliphatic heterocycles. The van der Waals surface area contributed by atoms with E-state index in [1.807, 2.05) is 0 Å². The zero-order valence-corrected chi connectivity index (χ0v) is 11.9. The van der Waals surface area contributed by atoms with Gasteiger partial charge in [0, 0.05) is 4.47 Å². The lowest BCUT2D eigenvalue weighted by atomic mass is 10.1. The average molecular weight is 344 g/mol. The van der Waals surface area contributed by atoms with Crippen molar-refractivity contribution in [2.24, 2.45) is 0 Å². The number of hydrogen-bond donors (Lipinski definition) is 1. The molecular weight excluding hydrogens is 335 g/mol. The number of carbonyl (C=O) groups is 1. The number of nitrogens with one attached hydrogen (secondary N) is 1. The van der Waals surface area contributed by atoms with E-state index < -0.39 is 28.9 Å². The van der Waals surface area contributed by atoms with Gasteiger partial charge in [0.2, 0.25) is 0 Å². The molecule has 2 rings (SSSR count). The summed E-state index contributed by atoms with van der Waals surface area (Å²) < 4.78 is 40.6. The number of hydrogen-bond acceptors (Lipinski definition) is 1. The highest BCUT2D eigenvalue weighted by Gasteiger charge is 2.19. The van der Waals surface area contributed by atoms with Gasteiger partial charge in [-0.3, -0.25) is 4.79 Å². The van der Waals surface area contributed by atoms with Crippen LogP contribution in [0.15, 0.2) is 34.8 Å². The van der Waals surface area contributed by atoms with Crippen LogP contribution in [-0.2, 0) is 0 Å². The topological polar surface area (TPSA) is 29.1 Å². The van der Waals surface area contributed by atoms with E-state index in [0.717, 1.165) is 18.2 Å². The van der Waals surface area contributed by atoms with Gasteiger partial charge >= 0.3 is 0 Å². The van der Waals surface area contributed by atoms with Gasteiger partial charge in [0.25, 0.3) is 5.91 Å². The summed E-state index contributed by atoms with van der Waals surface area (Å²) >= 11 is 3.06. The fourth-order valence-corrected chi connectivity index (χ4v) is 2.09. The van der Waals surface area contributed by atoms with Crippen molar-refractivity contribution in [3.8, 4) is 0 Å². The quantitative estimate of drug-likeness (QED) is 0.858. The first kappa shape index (κ1) is 14.6. The van der Waals surface area contributed by atoms with Crippen molar-refractivity contribution in [2.45, 2.75) is 6.92 Å². The highest BCUT2D eigenvalue weighted by molar-refractivity contribution is 9.10. The summed E-state index contributed by atoms with van der Waals surface area (Å²) in [5, 5.41) is 2.33. The molecule has 0 heterocycles. The summed E-state index contributed by atoms with van der Waals surface area (Å²) in [6, 6.07) is 5.83. The molecule has 0 aliphatic rings. The van der Waals surface area contributed by atoms with Crippen molar-refractivity contribution in [1.82, 2.24) is 0 Å². The largest absolute Gasteiger partial charge is 0.321 e. The predicted molar refractivity (Wildman–Crippen MR) is 73.1 cm³/mol. The van der Waals surface area contributed by atoms with E-state index in [2.05, 4.69) is 21.2 Å². The predicted octanol–water partition coefficient (Wildman–Crippen LogP) is 4.43. The van der Waals surface area contributed by atoms with Crippen molar-refractivity contribution in [3.63, 3.8) is 0 Å². The maximum Gasteiger partial charge on any atom is 0.261 e. The number of carbonyl (C=O) groups excluding carboxylic acids is 1. The van der Waals surface area contributed by atoms with E-state index in [-0.39, 0.29) is 15.7 Å². The van der Waals surface area contributed by atoms with Crippen LogP contribution in [-0.4, -0.2) is 5.91 Å². The Labute approximate surface area is 121 Å². The Kier molecular flexibility index (Phi) is 4.13. The maximum atomic E-state index is 13.8. The third-order valence-corrected chi connectivity index (χ3v) is 3.35. The van der Waals surface area contributed by atoms with Crippen LogP contribution in [0.3, 0.4) is 0 Å². The van der Waals surface area contributed by atoms with Gasteiger partial charge in [-0.1, -0.05) is 6.07 Å².